The van der Waals surface area contributed by atoms with Gasteiger partial charge in [-0.15, -0.1) is 0 Å². The zero-order valence-electron chi connectivity index (χ0n) is 14.0. The van der Waals surface area contributed by atoms with Crippen molar-refractivity contribution in [3.8, 4) is 0 Å². The van der Waals surface area contributed by atoms with Crippen molar-refractivity contribution < 1.29 is 4.79 Å². The molecule has 130 valence electrons. The lowest BCUT2D eigenvalue weighted by Gasteiger charge is -2.17. The van der Waals surface area contributed by atoms with E-state index < -0.39 is 0 Å². The van der Waals surface area contributed by atoms with Crippen molar-refractivity contribution in [1.82, 2.24) is 14.5 Å². The summed E-state index contributed by atoms with van der Waals surface area (Å²) in [5.41, 5.74) is 0.600. The van der Waals surface area contributed by atoms with E-state index in [4.69, 9.17) is 12.2 Å². The molecule has 1 saturated heterocycles. The molecule has 1 N–H and O–H groups in total. The average Bonchev–Trinajstić information content (AvgIpc) is 3.05. The normalized spacial score (nSPS) is 22.3. The summed E-state index contributed by atoms with van der Waals surface area (Å²) in [6.45, 7) is 2.00. The molecule has 0 radical (unpaired) electrons. The maximum Gasteiger partial charge on any atom is 0.262 e. The van der Waals surface area contributed by atoms with Crippen LogP contribution in [0.1, 0.15) is 19.3 Å². The summed E-state index contributed by atoms with van der Waals surface area (Å²) in [5, 5.41) is 0.599. The maximum atomic E-state index is 12.6. The molecule has 0 spiro atoms. The first kappa shape index (κ1) is 16.3. The highest BCUT2D eigenvalue weighted by molar-refractivity contribution is 7.71. The van der Waals surface area contributed by atoms with E-state index in [0.29, 0.717) is 35.0 Å². The van der Waals surface area contributed by atoms with Gasteiger partial charge in [0.05, 0.1) is 10.9 Å². The number of rotatable bonds is 3. The lowest BCUT2D eigenvalue weighted by molar-refractivity contribution is -0.130. The molecule has 2 atom stereocenters. The molecule has 6 heteroatoms. The van der Waals surface area contributed by atoms with Crippen molar-refractivity contribution in [3.63, 3.8) is 0 Å². The van der Waals surface area contributed by atoms with Gasteiger partial charge in [0.25, 0.3) is 5.56 Å². The van der Waals surface area contributed by atoms with E-state index in [9.17, 15) is 9.59 Å². The summed E-state index contributed by atoms with van der Waals surface area (Å²) in [4.78, 5) is 30.3. The Kier molecular flexibility index (Phi) is 4.29. The fraction of sp³-hybridized carbons (Fsp3) is 0.421. The van der Waals surface area contributed by atoms with E-state index in [1.165, 1.54) is 4.57 Å². The van der Waals surface area contributed by atoms with Crippen molar-refractivity contribution in [2.24, 2.45) is 11.8 Å². The maximum absolute atomic E-state index is 12.6. The van der Waals surface area contributed by atoms with Gasteiger partial charge in [0, 0.05) is 26.1 Å². The van der Waals surface area contributed by atoms with Crippen molar-refractivity contribution in [1.29, 1.82) is 0 Å². The summed E-state index contributed by atoms with van der Waals surface area (Å²) in [7, 11) is 0. The number of carbonyl (C=O) groups is 1. The van der Waals surface area contributed by atoms with E-state index in [1.54, 1.807) is 6.07 Å². The molecule has 1 amide bonds. The van der Waals surface area contributed by atoms with Gasteiger partial charge < -0.3 is 9.88 Å². The summed E-state index contributed by atoms with van der Waals surface area (Å²) < 4.78 is 1.87. The first-order valence-corrected chi connectivity index (χ1v) is 9.19. The van der Waals surface area contributed by atoms with E-state index in [-0.39, 0.29) is 11.5 Å². The number of para-hydroxylation sites is 1. The Bertz CT molecular complexity index is 943. The predicted octanol–water partition coefficient (Wildman–Crippen LogP) is 2.87. The monoisotopic (exact) mass is 355 g/mol. The molecule has 4 rings (SSSR count). The number of hydrogen-bond donors (Lipinski definition) is 1. The molecule has 0 unspecified atom stereocenters. The summed E-state index contributed by atoms with van der Waals surface area (Å²) in [6, 6.07) is 7.31. The molecular formula is C19H21N3O2S. The van der Waals surface area contributed by atoms with Crippen LogP contribution in [0.4, 0.5) is 0 Å². The third-order valence-corrected chi connectivity index (χ3v) is 5.73. The smallest absolute Gasteiger partial charge is 0.262 e. The molecule has 0 saturated carbocycles. The summed E-state index contributed by atoms with van der Waals surface area (Å²) in [6.07, 6.45) is 6.91. The summed E-state index contributed by atoms with van der Waals surface area (Å²) in [5.74, 6) is 1.31. The van der Waals surface area contributed by atoms with E-state index in [2.05, 4.69) is 17.1 Å². The predicted molar refractivity (Wildman–Crippen MR) is 99.9 cm³/mol. The molecular weight excluding hydrogens is 334 g/mol. The minimum atomic E-state index is -0.133. The highest BCUT2D eigenvalue weighted by Gasteiger charge is 2.34. The minimum Gasteiger partial charge on any atom is -0.342 e. The van der Waals surface area contributed by atoms with Crippen LogP contribution in [0.2, 0.25) is 0 Å². The Hall–Kier alpha value is -2.21. The Morgan fingerprint density at radius 1 is 1.16 bits per heavy atom. The number of fused-ring (bicyclic) bond motifs is 2. The lowest BCUT2D eigenvalue weighted by Crippen LogP contribution is -2.31. The fourth-order valence-electron chi connectivity index (χ4n) is 3.99. The second kappa shape index (κ2) is 6.59. The summed E-state index contributed by atoms with van der Waals surface area (Å²) >= 11 is 5.31. The van der Waals surface area contributed by atoms with E-state index in [0.717, 1.165) is 31.4 Å². The zero-order chi connectivity index (χ0) is 17.4. The molecule has 0 bridgehead atoms. The zero-order valence-corrected chi connectivity index (χ0v) is 14.8. The van der Waals surface area contributed by atoms with Crippen LogP contribution >= 0.6 is 12.2 Å². The fourth-order valence-corrected chi connectivity index (χ4v) is 4.27. The van der Waals surface area contributed by atoms with Crippen LogP contribution in [0.5, 0.6) is 0 Å². The number of likely N-dealkylation sites (tertiary alicyclic amines) is 1. The second-order valence-corrected chi connectivity index (χ2v) is 7.33. The van der Waals surface area contributed by atoms with Crippen LogP contribution in [0.25, 0.3) is 10.9 Å². The quantitative estimate of drug-likeness (QED) is 0.680. The Morgan fingerprint density at radius 2 is 1.84 bits per heavy atom. The number of benzene rings is 1. The number of H-pyrrole nitrogens is 1. The minimum absolute atomic E-state index is 0.115. The van der Waals surface area contributed by atoms with Gasteiger partial charge in [-0.25, -0.2) is 0 Å². The first-order valence-electron chi connectivity index (χ1n) is 8.78. The number of amides is 1. The van der Waals surface area contributed by atoms with Gasteiger partial charge in [-0.05, 0) is 49.0 Å². The van der Waals surface area contributed by atoms with Gasteiger partial charge in [0.15, 0.2) is 4.77 Å². The Balaban J connectivity index is 1.48. The standard InChI is InChI=1S/C19H21N3O2S/c23-17(21-11-13-5-1-2-6-14(13)12-21)9-10-22-18(24)15-7-3-4-8-16(15)20-19(22)25/h1-4,7-8,13-14H,5-6,9-12H2,(H,20,25)/t13-,14-/m0/s1. The molecule has 2 aliphatic rings. The molecule has 2 heterocycles. The van der Waals surface area contributed by atoms with Gasteiger partial charge in [0.2, 0.25) is 5.91 Å². The third-order valence-electron chi connectivity index (χ3n) is 5.41. The molecule has 1 aliphatic carbocycles. The van der Waals surface area contributed by atoms with Crippen molar-refractivity contribution in [3.05, 3.63) is 51.5 Å². The van der Waals surface area contributed by atoms with Crippen LogP contribution in [0, 0.1) is 16.6 Å². The van der Waals surface area contributed by atoms with Gasteiger partial charge in [-0.1, -0.05) is 24.3 Å². The molecule has 1 aromatic heterocycles. The van der Waals surface area contributed by atoms with Gasteiger partial charge >= 0.3 is 0 Å². The van der Waals surface area contributed by atoms with Crippen molar-refractivity contribution >= 4 is 29.0 Å². The van der Waals surface area contributed by atoms with Gasteiger partial charge in [-0.3, -0.25) is 14.2 Å². The number of hydrogen-bond acceptors (Lipinski definition) is 3. The van der Waals surface area contributed by atoms with E-state index >= 15 is 0 Å². The molecule has 2 aromatic rings. The highest BCUT2D eigenvalue weighted by atomic mass is 32.1. The SMILES string of the molecule is O=C(CCn1c(=S)[nH]c2ccccc2c1=O)N1C[C@@H]2CC=CC[C@H]2C1. The van der Waals surface area contributed by atoms with Crippen LogP contribution in [-0.4, -0.2) is 33.4 Å². The van der Waals surface area contributed by atoms with Crippen LogP contribution in [0.3, 0.4) is 0 Å². The average molecular weight is 355 g/mol. The Labute approximate surface area is 151 Å². The van der Waals surface area contributed by atoms with Crippen LogP contribution < -0.4 is 5.56 Å². The number of aromatic nitrogens is 2. The lowest BCUT2D eigenvalue weighted by atomic mass is 9.86. The highest BCUT2D eigenvalue weighted by Crippen LogP contribution is 2.32. The third kappa shape index (κ3) is 3.06. The van der Waals surface area contributed by atoms with Gasteiger partial charge in [0.1, 0.15) is 0 Å². The van der Waals surface area contributed by atoms with Crippen LogP contribution in [0.15, 0.2) is 41.2 Å². The molecule has 1 aliphatic heterocycles. The topological polar surface area (TPSA) is 58.1 Å². The van der Waals surface area contributed by atoms with Crippen LogP contribution in [-0.2, 0) is 11.3 Å². The number of allylic oxidation sites excluding steroid dienone is 2. The second-order valence-electron chi connectivity index (χ2n) is 6.94. The molecule has 5 nitrogen and oxygen atoms in total. The molecule has 1 aromatic carbocycles. The number of aromatic amines is 1. The first-order chi connectivity index (χ1) is 12.1. The molecule has 1 fully saturated rings. The number of nitrogens with one attached hydrogen (secondary N) is 1. The van der Waals surface area contributed by atoms with Gasteiger partial charge in [-0.2, -0.15) is 0 Å². The van der Waals surface area contributed by atoms with E-state index in [1.807, 2.05) is 23.1 Å². The number of carbonyl (C=O) groups excluding carboxylic acids is 1. The largest absolute Gasteiger partial charge is 0.342 e. The van der Waals surface area contributed by atoms with Crippen molar-refractivity contribution in [2.75, 3.05) is 13.1 Å². The molecule has 25 heavy (non-hydrogen) atoms. The Morgan fingerprint density at radius 3 is 2.56 bits per heavy atom. The van der Waals surface area contributed by atoms with Crippen molar-refractivity contribution in [2.45, 2.75) is 25.8 Å². The number of nitrogens with zero attached hydrogens (tertiary/aromatic N) is 2.